The fourth-order valence-electron chi connectivity index (χ4n) is 2.48. The highest BCUT2D eigenvalue weighted by atomic mass is 16.2. The first-order valence-electron chi connectivity index (χ1n) is 7.81. The predicted octanol–water partition coefficient (Wildman–Crippen LogP) is 1.29. The van der Waals surface area contributed by atoms with Crippen molar-refractivity contribution in [3.63, 3.8) is 0 Å². The van der Waals surface area contributed by atoms with Gasteiger partial charge in [0.05, 0.1) is 0 Å². The lowest BCUT2D eigenvalue weighted by Gasteiger charge is -2.18. The molecule has 0 aromatic heterocycles. The summed E-state index contributed by atoms with van der Waals surface area (Å²) in [5.41, 5.74) is 1.43. The minimum atomic E-state index is -0.0866. The largest absolute Gasteiger partial charge is 0.351 e. The van der Waals surface area contributed by atoms with Crippen LogP contribution >= 0.6 is 0 Å². The smallest absolute Gasteiger partial charge is 0.321 e. The molecule has 1 aliphatic rings. The second kappa shape index (κ2) is 7.79. The fourth-order valence-corrected chi connectivity index (χ4v) is 2.48. The van der Waals surface area contributed by atoms with Gasteiger partial charge in [0.1, 0.15) is 0 Å². The Morgan fingerprint density at radius 1 is 1.27 bits per heavy atom. The standard InChI is InChI=1S/C16H24N4O2/c1-3-19(4-2)11-9-17-15(21)13-5-7-14(8-6-13)20-12-10-18-16(20)22/h5-8H,3-4,9-12H2,1-2H3,(H,17,21)(H,18,22). The molecule has 0 aliphatic carbocycles. The van der Waals surface area contributed by atoms with Gasteiger partial charge in [0.2, 0.25) is 0 Å². The topological polar surface area (TPSA) is 64.7 Å². The van der Waals surface area contributed by atoms with E-state index in [1.165, 1.54) is 0 Å². The molecule has 1 aromatic carbocycles. The average Bonchev–Trinajstić information content (AvgIpc) is 2.97. The number of likely N-dealkylation sites (N-methyl/N-ethyl adjacent to an activating group) is 1. The van der Waals surface area contributed by atoms with E-state index in [2.05, 4.69) is 29.4 Å². The summed E-state index contributed by atoms with van der Waals surface area (Å²) >= 11 is 0. The van der Waals surface area contributed by atoms with E-state index < -0.39 is 0 Å². The van der Waals surface area contributed by atoms with Crippen LogP contribution in [0.5, 0.6) is 0 Å². The zero-order chi connectivity index (χ0) is 15.9. The van der Waals surface area contributed by atoms with Gasteiger partial charge in [0.15, 0.2) is 0 Å². The van der Waals surface area contributed by atoms with Gasteiger partial charge in [-0.1, -0.05) is 13.8 Å². The Morgan fingerprint density at radius 2 is 1.95 bits per heavy atom. The van der Waals surface area contributed by atoms with Gasteiger partial charge in [-0.25, -0.2) is 4.79 Å². The van der Waals surface area contributed by atoms with Crippen molar-refractivity contribution in [3.05, 3.63) is 29.8 Å². The van der Waals surface area contributed by atoms with Crippen LogP contribution < -0.4 is 15.5 Å². The fraction of sp³-hybridized carbons (Fsp3) is 0.500. The van der Waals surface area contributed by atoms with Crippen molar-refractivity contribution in [2.24, 2.45) is 0 Å². The van der Waals surface area contributed by atoms with Crippen molar-refractivity contribution in [2.45, 2.75) is 13.8 Å². The lowest BCUT2D eigenvalue weighted by atomic mass is 10.2. The molecule has 22 heavy (non-hydrogen) atoms. The van der Waals surface area contributed by atoms with Gasteiger partial charge in [0, 0.05) is 37.4 Å². The van der Waals surface area contributed by atoms with Gasteiger partial charge in [-0.3, -0.25) is 9.69 Å². The minimum absolute atomic E-state index is 0.0791. The van der Waals surface area contributed by atoms with Gasteiger partial charge >= 0.3 is 6.03 Å². The minimum Gasteiger partial charge on any atom is -0.351 e. The van der Waals surface area contributed by atoms with Crippen molar-refractivity contribution in [2.75, 3.05) is 44.2 Å². The molecule has 1 saturated heterocycles. The van der Waals surface area contributed by atoms with Crippen molar-refractivity contribution >= 4 is 17.6 Å². The number of anilines is 1. The van der Waals surface area contributed by atoms with Crippen LogP contribution in [0.2, 0.25) is 0 Å². The second-order valence-corrected chi connectivity index (χ2v) is 5.21. The van der Waals surface area contributed by atoms with Crippen molar-refractivity contribution in [1.29, 1.82) is 0 Å². The van der Waals surface area contributed by atoms with Crippen LogP contribution in [0.25, 0.3) is 0 Å². The molecule has 0 atom stereocenters. The first kappa shape index (κ1) is 16.3. The Hall–Kier alpha value is -2.08. The van der Waals surface area contributed by atoms with Gasteiger partial charge in [0.25, 0.3) is 5.91 Å². The third-order valence-corrected chi connectivity index (χ3v) is 3.91. The van der Waals surface area contributed by atoms with Crippen LogP contribution in [-0.4, -0.2) is 56.1 Å². The molecule has 0 spiro atoms. The molecule has 0 unspecified atom stereocenters. The summed E-state index contributed by atoms with van der Waals surface area (Å²) in [6.45, 7) is 9.00. The van der Waals surface area contributed by atoms with Gasteiger partial charge in [-0.2, -0.15) is 0 Å². The van der Waals surface area contributed by atoms with E-state index in [-0.39, 0.29) is 11.9 Å². The number of hydrogen-bond donors (Lipinski definition) is 2. The number of carbonyl (C=O) groups excluding carboxylic acids is 2. The average molecular weight is 304 g/mol. The molecule has 2 N–H and O–H groups in total. The number of rotatable bonds is 7. The van der Waals surface area contributed by atoms with Crippen LogP contribution in [0.1, 0.15) is 24.2 Å². The molecule has 6 heteroatoms. The summed E-state index contributed by atoms with van der Waals surface area (Å²) in [6.07, 6.45) is 0. The summed E-state index contributed by atoms with van der Waals surface area (Å²) in [4.78, 5) is 27.6. The highest BCUT2D eigenvalue weighted by Gasteiger charge is 2.21. The highest BCUT2D eigenvalue weighted by Crippen LogP contribution is 2.17. The molecule has 0 bridgehead atoms. The Balaban J connectivity index is 1.87. The second-order valence-electron chi connectivity index (χ2n) is 5.21. The number of urea groups is 1. The maximum absolute atomic E-state index is 12.1. The number of hydrogen-bond acceptors (Lipinski definition) is 3. The maximum Gasteiger partial charge on any atom is 0.321 e. The van der Waals surface area contributed by atoms with Crippen molar-refractivity contribution in [1.82, 2.24) is 15.5 Å². The van der Waals surface area contributed by atoms with Crippen LogP contribution in [-0.2, 0) is 0 Å². The molecule has 1 aromatic rings. The monoisotopic (exact) mass is 304 g/mol. The molecule has 1 fully saturated rings. The normalized spacial score (nSPS) is 14.3. The first-order valence-corrected chi connectivity index (χ1v) is 7.81. The molecular weight excluding hydrogens is 280 g/mol. The Bertz CT molecular complexity index is 511. The van der Waals surface area contributed by atoms with E-state index in [9.17, 15) is 9.59 Å². The Morgan fingerprint density at radius 3 is 2.50 bits per heavy atom. The maximum atomic E-state index is 12.1. The first-order chi connectivity index (χ1) is 10.7. The number of benzene rings is 1. The number of nitrogens with one attached hydrogen (secondary N) is 2. The zero-order valence-electron chi connectivity index (χ0n) is 13.3. The third-order valence-electron chi connectivity index (χ3n) is 3.91. The summed E-state index contributed by atoms with van der Waals surface area (Å²) in [6, 6.07) is 7.05. The summed E-state index contributed by atoms with van der Waals surface area (Å²) in [5.74, 6) is -0.0791. The van der Waals surface area contributed by atoms with Gasteiger partial charge < -0.3 is 15.5 Å². The van der Waals surface area contributed by atoms with Crippen LogP contribution in [0.15, 0.2) is 24.3 Å². The molecule has 1 heterocycles. The molecule has 6 nitrogen and oxygen atoms in total. The van der Waals surface area contributed by atoms with Crippen molar-refractivity contribution < 1.29 is 9.59 Å². The lowest BCUT2D eigenvalue weighted by molar-refractivity contribution is 0.0949. The molecular formula is C16H24N4O2. The Labute approximate surface area is 131 Å². The van der Waals surface area contributed by atoms with Crippen LogP contribution in [0.3, 0.4) is 0 Å². The molecule has 120 valence electrons. The van der Waals surface area contributed by atoms with Crippen LogP contribution in [0.4, 0.5) is 10.5 Å². The quantitative estimate of drug-likeness (QED) is 0.798. The number of carbonyl (C=O) groups is 2. The summed E-state index contributed by atoms with van der Waals surface area (Å²) < 4.78 is 0. The third kappa shape index (κ3) is 3.98. The molecule has 0 saturated carbocycles. The number of nitrogens with zero attached hydrogens (tertiary/aromatic N) is 2. The van der Waals surface area contributed by atoms with E-state index in [4.69, 9.17) is 0 Å². The molecule has 1 aliphatic heterocycles. The van der Waals surface area contributed by atoms with E-state index in [0.717, 1.165) is 25.3 Å². The molecule has 0 radical (unpaired) electrons. The van der Waals surface area contributed by atoms with Crippen LogP contribution in [0, 0.1) is 0 Å². The van der Waals surface area contributed by atoms with E-state index in [1.54, 1.807) is 17.0 Å². The molecule has 3 amide bonds. The van der Waals surface area contributed by atoms with Gasteiger partial charge in [-0.15, -0.1) is 0 Å². The van der Waals surface area contributed by atoms with E-state index in [0.29, 0.717) is 25.2 Å². The lowest BCUT2D eigenvalue weighted by Crippen LogP contribution is -2.34. The van der Waals surface area contributed by atoms with Gasteiger partial charge in [-0.05, 0) is 37.4 Å². The summed E-state index contributed by atoms with van der Waals surface area (Å²) in [7, 11) is 0. The van der Waals surface area contributed by atoms with E-state index in [1.807, 2.05) is 12.1 Å². The SMILES string of the molecule is CCN(CC)CCNC(=O)c1ccc(N2CCNC2=O)cc1. The Kier molecular flexibility index (Phi) is 5.77. The predicted molar refractivity (Wildman–Crippen MR) is 87.3 cm³/mol. The van der Waals surface area contributed by atoms with E-state index >= 15 is 0 Å². The highest BCUT2D eigenvalue weighted by molar-refractivity contribution is 5.96. The zero-order valence-corrected chi connectivity index (χ0v) is 13.3. The number of amides is 3. The molecule has 2 rings (SSSR count). The summed E-state index contributed by atoms with van der Waals surface area (Å²) in [5, 5.41) is 5.68. The van der Waals surface area contributed by atoms with Crippen molar-refractivity contribution in [3.8, 4) is 0 Å².